The lowest BCUT2D eigenvalue weighted by Crippen LogP contribution is -2.52. The van der Waals surface area contributed by atoms with Crippen LogP contribution in [0.2, 0.25) is 0 Å². The first kappa shape index (κ1) is 20.4. The van der Waals surface area contributed by atoms with Crippen LogP contribution in [0.3, 0.4) is 0 Å². The highest BCUT2D eigenvalue weighted by atomic mass is 79.9. The zero-order valence-corrected chi connectivity index (χ0v) is 15.9. The van der Waals surface area contributed by atoms with Crippen molar-refractivity contribution in [2.24, 2.45) is 0 Å². The minimum absolute atomic E-state index is 0. The molecule has 1 aromatic rings. The van der Waals surface area contributed by atoms with Crippen LogP contribution in [0.5, 0.6) is 0 Å². The fraction of sp³-hybridized carbons (Fsp3) is 0.500. The van der Waals surface area contributed by atoms with E-state index in [1.807, 2.05) is 6.07 Å². The first-order valence-corrected chi connectivity index (χ1v) is 9.13. The highest BCUT2D eigenvalue weighted by Crippen LogP contribution is 2.22. The Kier molecular flexibility index (Phi) is 7.45. The number of nitrogens with one attached hydrogen (secondary N) is 2. The van der Waals surface area contributed by atoms with Crippen molar-refractivity contribution < 1.29 is 13.2 Å². The summed E-state index contributed by atoms with van der Waals surface area (Å²) < 4.78 is 33.3. The van der Waals surface area contributed by atoms with Crippen LogP contribution in [0.4, 0.5) is 0 Å². The van der Waals surface area contributed by atoms with Gasteiger partial charge in [0, 0.05) is 18.1 Å². The molecule has 2 rings (SSSR count). The van der Waals surface area contributed by atoms with Crippen molar-refractivity contribution in [3.63, 3.8) is 0 Å². The number of nitrogens with zero attached hydrogens (tertiary/aromatic N) is 1. The number of hydrogen-bond donors (Lipinski definition) is 2. The van der Waals surface area contributed by atoms with Gasteiger partial charge in [-0.15, -0.1) is 12.4 Å². The molecule has 0 amide bonds. The quantitative estimate of drug-likeness (QED) is 0.726. The molecule has 128 valence electrons. The molecule has 1 atom stereocenters. The van der Waals surface area contributed by atoms with Crippen molar-refractivity contribution in [2.45, 2.75) is 23.3 Å². The molecule has 0 aromatic heterocycles. The molecular weight excluding hydrogens is 406 g/mol. The minimum Gasteiger partial charge on any atom is -0.383 e. The third-order valence-electron chi connectivity index (χ3n) is 3.66. The second-order valence-corrected chi connectivity index (χ2v) is 8.04. The standard InChI is InChI=1S/C14H18BrN3O3S.ClH/c1-21-10-14(3-2-4-17-14)9-18-22(19,20)13-6-11(8-16)5-12(15)7-13;/h5-7,17-18H,2-4,9-10H2,1H3;1H. The smallest absolute Gasteiger partial charge is 0.240 e. The fourth-order valence-corrected chi connectivity index (χ4v) is 4.41. The largest absolute Gasteiger partial charge is 0.383 e. The van der Waals surface area contributed by atoms with Crippen molar-refractivity contribution in [1.82, 2.24) is 10.0 Å². The van der Waals surface area contributed by atoms with E-state index in [0.29, 0.717) is 16.6 Å². The lowest BCUT2D eigenvalue weighted by Gasteiger charge is -2.28. The van der Waals surface area contributed by atoms with Gasteiger partial charge in [0.25, 0.3) is 0 Å². The van der Waals surface area contributed by atoms with Crippen molar-refractivity contribution >= 4 is 38.4 Å². The van der Waals surface area contributed by atoms with Crippen LogP contribution in [0.25, 0.3) is 0 Å². The van der Waals surface area contributed by atoms with E-state index in [1.165, 1.54) is 12.1 Å². The van der Waals surface area contributed by atoms with Gasteiger partial charge in [-0.3, -0.25) is 0 Å². The first-order chi connectivity index (χ1) is 10.4. The van der Waals surface area contributed by atoms with Crippen LogP contribution in [-0.2, 0) is 14.8 Å². The molecule has 1 aliphatic rings. The Morgan fingerprint density at radius 1 is 1.48 bits per heavy atom. The van der Waals surface area contributed by atoms with E-state index in [-0.39, 0.29) is 29.4 Å². The molecule has 1 aromatic carbocycles. The molecule has 1 aliphatic heterocycles. The van der Waals surface area contributed by atoms with Crippen molar-refractivity contribution in [3.05, 3.63) is 28.2 Å². The molecule has 1 saturated heterocycles. The lowest BCUT2D eigenvalue weighted by molar-refractivity contribution is 0.122. The lowest BCUT2D eigenvalue weighted by atomic mass is 9.99. The van der Waals surface area contributed by atoms with Gasteiger partial charge in [0.1, 0.15) is 0 Å². The summed E-state index contributed by atoms with van der Waals surface area (Å²) in [5.74, 6) is 0. The maximum Gasteiger partial charge on any atom is 0.240 e. The summed E-state index contributed by atoms with van der Waals surface area (Å²) in [4.78, 5) is 0.0731. The Hall–Kier alpha value is -0.690. The summed E-state index contributed by atoms with van der Waals surface area (Å²) in [6, 6.07) is 6.36. The molecule has 6 nitrogen and oxygen atoms in total. The van der Waals surface area contributed by atoms with E-state index < -0.39 is 10.0 Å². The topological polar surface area (TPSA) is 91.2 Å². The highest BCUT2D eigenvalue weighted by Gasteiger charge is 2.34. The Labute approximate surface area is 151 Å². The molecule has 0 radical (unpaired) electrons. The van der Waals surface area contributed by atoms with E-state index >= 15 is 0 Å². The summed E-state index contributed by atoms with van der Waals surface area (Å²) in [5, 5.41) is 12.3. The average molecular weight is 425 g/mol. The number of halogens is 2. The molecule has 0 bridgehead atoms. The third kappa shape index (κ3) is 5.14. The Morgan fingerprint density at radius 3 is 2.78 bits per heavy atom. The predicted octanol–water partition coefficient (Wildman–Crippen LogP) is 1.79. The molecule has 0 aliphatic carbocycles. The Bertz CT molecular complexity index is 685. The average Bonchev–Trinajstić information content (AvgIpc) is 2.94. The van der Waals surface area contributed by atoms with Gasteiger partial charge in [0.15, 0.2) is 0 Å². The second-order valence-electron chi connectivity index (χ2n) is 5.36. The molecule has 1 heterocycles. The molecular formula is C14H19BrClN3O3S. The van der Waals surface area contributed by atoms with Crippen LogP contribution in [0.15, 0.2) is 27.6 Å². The van der Waals surface area contributed by atoms with Gasteiger partial charge in [0.2, 0.25) is 10.0 Å². The number of hydrogen-bond acceptors (Lipinski definition) is 5. The van der Waals surface area contributed by atoms with Gasteiger partial charge < -0.3 is 10.1 Å². The Balaban J connectivity index is 0.00000264. The number of methoxy groups -OCH3 is 1. The van der Waals surface area contributed by atoms with Crippen LogP contribution in [0.1, 0.15) is 18.4 Å². The number of nitriles is 1. The normalized spacial score (nSPS) is 20.7. The van der Waals surface area contributed by atoms with E-state index in [9.17, 15) is 8.42 Å². The molecule has 0 spiro atoms. The van der Waals surface area contributed by atoms with E-state index in [2.05, 4.69) is 26.0 Å². The summed E-state index contributed by atoms with van der Waals surface area (Å²) >= 11 is 3.22. The molecule has 23 heavy (non-hydrogen) atoms. The van der Waals surface area contributed by atoms with Crippen LogP contribution >= 0.6 is 28.3 Å². The maximum atomic E-state index is 12.4. The SMILES string of the molecule is COCC1(CNS(=O)(=O)c2cc(Br)cc(C#N)c2)CCCN1.Cl. The molecule has 2 N–H and O–H groups in total. The van der Waals surface area contributed by atoms with Gasteiger partial charge in [-0.05, 0) is 37.6 Å². The minimum atomic E-state index is -3.69. The zero-order chi connectivity index (χ0) is 16.2. The summed E-state index contributed by atoms with van der Waals surface area (Å²) in [5.41, 5.74) is -0.0772. The molecule has 1 unspecified atom stereocenters. The monoisotopic (exact) mass is 423 g/mol. The highest BCUT2D eigenvalue weighted by molar-refractivity contribution is 9.10. The molecule has 1 fully saturated rings. The van der Waals surface area contributed by atoms with Gasteiger partial charge in [0.05, 0.1) is 28.7 Å². The number of benzene rings is 1. The van der Waals surface area contributed by atoms with Gasteiger partial charge in [-0.25, -0.2) is 13.1 Å². The van der Waals surface area contributed by atoms with Gasteiger partial charge in [-0.2, -0.15) is 5.26 Å². The van der Waals surface area contributed by atoms with Gasteiger partial charge in [-0.1, -0.05) is 15.9 Å². The van der Waals surface area contributed by atoms with E-state index in [1.54, 1.807) is 13.2 Å². The van der Waals surface area contributed by atoms with Crippen molar-refractivity contribution in [2.75, 3.05) is 26.8 Å². The maximum absolute atomic E-state index is 12.4. The molecule has 0 saturated carbocycles. The van der Waals surface area contributed by atoms with E-state index in [0.717, 1.165) is 19.4 Å². The number of rotatable bonds is 6. The predicted molar refractivity (Wildman–Crippen MR) is 93.1 cm³/mol. The van der Waals surface area contributed by atoms with Crippen LogP contribution in [-0.4, -0.2) is 40.8 Å². The van der Waals surface area contributed by atoms with Crippen molar-refractivity contribution in [1.29, 1.82) is 5.26 Å². The second kappa shape index (κ2) is 8.42. The van der Waals surface area contributed by atoms with Crippen molar-refractivity contribution in [3.8, 4) is 6.07 Å². The number of sulfonamides is 1. The first-order valence-electron chi connectivity index (χ1n) is 6.85. The third-order valence-corrected chi connectivity index (χ3v) is 5.50. The van der Waals surface area contributed by atoms with Gasteiger partial charge >= 0.3 is 0 Å². The van der Waals surface area contributed by atoms with Crippen LogP contribution < -0.4 is 10.0 Å². The van der Waals surface area contributed by atoms with Crippen LogP contribution in [0, 0.1) is 11.3 Å². The summed E-state index contributed by atoms with van der Waals surface area (Å²) in [6.45, 7) is 1.54. The summed E-state index contributed by atoms with van der Waals surface area (Å²) in [6.07, 6.45) is 1.84. The number of ether oxygens (including phenoxy) is 1. The fourth-order valence-electron chi connectivity index (χ4n) is 2.57. The summed E-state index contributed by atoms with van der Waals surface area (Å²) in [7, 11) is -2.09. The molecule has 9 heteroatoms. The Morgan fingerprint density at radius 2 is 2.22 bits per heavy atom. The zero-order valence-electron chi connectivity index (χ0n) is 12.6. The van der Waals surface area contributed by atoms with E-state index in [4.69, 9.17) is 10.00 Å².